The highest BCUT2D eigenvalue weighted by Crippen LogP contribution is 2.36. The summed E-state index contributed by atoms with van der Waals surface area (Å²) in [5.41, 5.74) is 1.86. The van der Waals surface area contributed by atoms with E-state index in [4.69, 9.17) is 4.74 Å². The minimum Gasteiger partial charge on any atom is -0.455 e. The molecule has 46 heavy (non-hydrogen) atoms. The van der Waals surface area contributed by atoms with Crippen molar-refractivity contribution in [1.29, 1.82) is 5.26 Å². The Bertz CT molecular complexity index is 1730. The molecule has 3 N–H and O–H groups in total. The lowest BCUT2D eigenvalue weighted by Crippen LogP contribution is -2.46. The molecule has 2 aliphatic heterocycles. The van der Waals surface area contributed by atoms with E-state index in [-0.39, 0.29) is 23.8 Å². The van der Waals surface area contributed by atoms with E-state index in [9.17, 15) is 23.5 Å². The van der Waals surface area contributed by atoms with E-state index in [1.165, 1.54) is 6.20 Å². The predicted octanol–water partition coefficient (Wildman–Crippen LogP) is 4.87. The summed E-state index contributed by atoms with van der Waals surface area (Å²) in [7, 11) is 0. The van der Waals surface area contributed by atoms with Crippen LogP contribution < -0.4 is 10.1 Å². The van der Waals surface area contributed by atoms with Gasteiger partial charge in [0.1, 0.15) is 28.9 Å². The zero-order valence-electron chi connectivity index (χ0n) is 25.7. The number of hydrogen-bond donors (Lipinski definition) is 3. The molecule has 0 amide bonds. The van der Waals surface area contributed by atoms with Crippen molar-refractivity contribution in [2.75, 3.05) is 44.6 Å². The van der Waals surface area contributed by atoms with Gasteiger partial charge in [-0.05, 0) is 42.8 Å². The van der Waals surface area contributed by atoms with Crippen LogP contribution in [0.15, 0.2) is 42.9 Å². The molecule has 0 aliphatic carbocycles. The fourth-order valence-electron chi connectivity index (χ4n) is 6.15. The lowest BCUT2D eigenvalue weighted by molar-refractivity contribution is -0.138. The lowest BCUT2D eigenvalue weighted by Gasteiger charge is -2.37. The first-order chi connectivity index (χ1) is 22.1. The molecule has 4 aromatic heterocycles. The number of alkyl halides is 3. The van der Waals surface area contributed by atoms with Gasteiger partial charge in [0.2, 0.25) is 0 Å². The molecule has 11 nitrogen and oxygen atoms in total. The van der Waals surface area contributed by atoms with Gasteiger partial charge in [0.15, 0.2) is 6.35 Å². The highest BCUT2D eigenvalue weighted by molar-refractivity contribution is 5.84. The fourth-order valence-corrected chi connectivity index (χ4v) is 6.15. The number of ether oxygens (including phenoxy) is 1. The number of likely N-dealkylation sites (N-methyl/N-ethyl adjacent to an activating group) is 1. The quantitative estimate of drug-likeness (QED) is 0.219. The number of aliphatic hydroxyl groups is 1. The number of piperazine rings is 1. The number of aromatic amines is 1. The van der Waals surface area contributed by atoms with Crippen LogP contribution in [-0.4, -0.2) is 85.4 Å². The van der Waals surface area contributed by atoms with Crippen molar-refractivity contribution in [2.24, 2.45) is 0 Å². The Morgan fingerprint density at radius 1 is 1.11 bits per heavy atom. The van der Waals surface area contributed by atoms with Gasteiger partial charge in [0.05, 0.1) is 34.7 Å². The first-order valence-electron chi connectivity index (χ1n) is 15.4. The molecule has 0 aromatic carbocycles. The summed E-state index contributed by atoms with van der Waals surface area (Å²) in [4.78, 5) is 22.1. The summed E-state index contributed by atoms with van der Waals surface area (Å²) >= 11 is 0. The molecule has 1 saturated heterocycles. The minimum absolute atomic E-state index is 0.0100. The number of aliphatic hydroxyl groups excluding tert-OH is 1. The molecular weight excluding hydrogens is 599 g/mol. The van der Waals surface area contributed by atoms with E-state index in [1.807, 2.05) is 17.9 Å². The van der Waals surface area contributed by atoms with E-state index < -0.39 is 18.1 Å². The maximum atomic E-state index is 14.1. The second-order valence-corrected chi connectivity index (χ2v) is 11.7. The first-order valence-corrected chi connectivity index (χ1v) is 15.4. The Labute approximate surface area is 264 Å². The van der Waals surface area contributed by atoms with Crippen molar-refractivity contribution in [3.05, 3.63) is 71.1 Å². The Balaban J connectivity index is 1.18. The number of nitrogens with zero attached hydrogens (tertiary/aromatic N) is 7. The molecule has 6 heterocycles. The van der Waals surface area contributed by atoms with Gasteiger partial charge in [-0.2, -0.15) is 18.4 Å². The zero-order valence-corrected chi connectivity index (χ0v) is 25.7. The van der Waals surface area contributed by atoms with Gasteiger partial charge >= 0.3 is 6.18 Å². The first kappa shape index (κ1) is 31.7. The normalized spacial score (nSPS) is 18.7. The number of pyridine rings is 3. The molecule has 2 aliphatic rings. The number of nitriles is 1. The molecule has 1 fully saturated rings. The second-order valence-electron chi connectivity index (χ2n) is 11.7. The minimum atomic E-state index is -4.59. The molecule has 6 rings (SSSR count). The van der Waals surface area contributed by atoms with Gasteiger partial charge in [-0.15, -0.1) is 0 Å². The van der Waals surface area contributed by atoms with E-state index in [0.717, 1.165) is 43.4 Å². The number of rotatable bonds is 9. The molecule has 2 unspecified atom stereocenters. The van der Waals surface area contributed by atoms with Crippen LogP contribution in [0.25, 0.3) is 11.0 Å². The summed E-state index contributed by atoms with van der Waals surface area (Å²) in [5.74, 6) is 0.963. The van der Waals surface area contributed by atoms with Crippen LogP contribution in [0.3, 0.4) is 0 Å². The van der Waals surface area contributed by atoms with Crippen LogP contribution >= 0.6 is 0 Å². The number of nitrogens with one attached hydrogen (secondary N) is 2. The molecule has 242 valence electrons. The van der Waals surface area contributed by atoms with Crippen molar-refractivity contribution < 1.29 is 23.0 Å². The number of anilines is 1. The number of fused-ring (bicyclic) bond motifs is 2. The highest BCUT2D eigenvalue weighted by Gasteiger charge is 2.36. The highest BCUT2D eigenvalue weighted by atomic mass is 19.4. The Kier molecular flexibility index (Phi) is 9.10. The van der Waals surface area contributed by atoms with Crippen molar-refractivity contribution in [3.63, 3.8) is 0 Å². The monoisotopic (exact) mass is 635 g/mol. The van der Waals surface area contributed by atoms with Crippen LogP contribution in [0, 0.1) is 11.3 Å². The number of H-pyrrole nitrogens is 1. The molecule has 4 aromatic rings. The lowest BCUT2D eigenvalue weighted by atomic mass is 9.92. The second kappa shape index (κ2) is 13.2. The Hall–Kier alpha value is -4.29. The Morgan fingerprint density at radius 2 is 1.89 bits per heavy atom. The number of aromatic nitrogens is 4. The van der Waals surface area contributed by atoms with Crippen LogP contribution in [0.1, 0.15) is 54.4 Å². The molecule has 2 atom stereocenters. The van der Waals surface area contributed by atoms with Gasteiger partial charge < -0.3 is 25.0 Å². The van der Waals surface area contributed by atoms with Crippen molar-refractivity contribution in [3.8, 4) is 17.6 Å². The Morgan fingerprint density at radius 3 is 2.61 bits per heavy atom. The summed E-state index contributed by atoms with van der Waals surface area (Å²) in [6, 6.07) is 8.32. The molecule has 0 bridgehead atoms. The third kappa shape index (κ3) is 6.78. The smallest absolute Gasteiger partial charge is 0.418 e. The maximum Gasteiger partial charge on any atom is 0.418 e. The SMILES string of the molecule is CCC1CN(C(O)Nc2cnc(CN3CCN(CC)CC3)c(C(F)(F)F)c2)Cc2cc(Oc3ccnc4[nH]c(C#N)cc34)cnc21. The predicted molar refractivity (Wildman–Crippen MR) is 165 cm³/mol. The van der Waals surface area contributed by atoms with E-state index >= 15 is 0 Å². The molecular formula is C32H36F3N9O2. The standard InChI is InChI=1S/C32H36F3N9O2/c1-3-20-17-44(18-21-11-24(16-39-29(20)21)46-28-5-6-37-30-25(28)12-22(14-36)40-30)31(45)41-23-13-26(32(33,34)35)27(38-15-23)19-43-9-7-42(4-2)8-10-43/h5-6,11-13,15-16,20,31,41,45H,3-4,7-10,17-19H2,1-2H3,(H,37,40). The van der Waals surface area contributed by atoms with Gasteiger partial charge in [-0.3, -0.25) is 19.8 Å². The average molecular weight is 636 g/mol. The third-order valence-electron chi connectivity index (χ3n) is 8.73. The van der Waals surface area contributed by atoms with Gasteiger partial charge in [-0.25, -0.2) is 4.98 Å². The summed E-state index contributed by atoms with van der Waals surface area (Å²) < 4.78 is 48.6. The van der Waals surface area contributed by atoms with Crippen LogP contribution in [0.5, 0.6) is 11.5 Å². The summed E-state index contributed by atoms with van der Waals surface area (Å²) in [6.07, 6.45) is -0.537. The summed E-state index contributed by atoms with van der Waals surface area (Å²) in [6.45, 7) is 8.87. The molecule has 0 radical (unpaired) electrons. The van der Waals surface area contributed by atoms with Crippen LogP contribution in [0.4, 0.5) is 18.9 Å². The number of hydrogen-bond acceptors (Lipinski definition) is 10. The maximum absolute atomic E-state index is 14.1. The van der Waals surface area contributed by atoms with Crippen LogP contribution in [-0.2, 0) is 19.3 Å². The van der Waals surface area contributed by atoms with Crippen molar-refractivity contribution in [2.45, 2.75) is 51.8 Å². The van der Waals surface area contributed by atoms with Gasteiger partial charge in [0, 0.05) is 63.6 Å². The molecule has 0 spiro atoms. The topological polar surface area (TPSA) is 129 Å². The van der Waals surface area contributed by atoms with E-state index in [1.54, 1.807) is 29.4 Å². The largest absolute Gasteiger partial charge is 0.455 e. The number of halogens is 3. The third-order valence-corrected chi connectivity index (χ3v) is 8.73. The fraction of sp³-hybridized carbons (Fsp3) is 0.438. The average Bonchev–Trinajstić information content (AvgIpc) is 3.49. The van der Waals surface area contributed by atoms with Crippen molar-refractivity contribution in [1.82, 2.24) is 34.6 Å². The molecule has 0 saturated carbocycles. The van der Waals surface area contributed by atoms with Crippen molar-refractivity contribution >= 4 is 16.7 Å². The van der Waals surface area contributed by atoms with E-state index in [2.05, 4.69) is 43.1 Å². The zero-order chi connectivity index (χ0) is 32.4. The van der Waals surface area contributed by atoms with Crippen LogP contribution in [0.2, 0.25) is 0 Å². The summed E-state index contributed by atoms with van der Waals surface area (Å²) in [5, 5.41) is 23.9. The van der Waals surface area contributed by atoms with Gasteiger partial charge in [0.25, 0.3) is 0 Å². The molecule has 14 heteroatoms. The van der Waals surface area contributed by atoms with E-state index in [0.29, 0.717) is 54.4 Å². The van der Waals surface area contributed by atoms with Gasteiger partial charge in [-0.1, -0.05) is 13.8 Å².